The van der Waals surface area contributed by atoms with E-state index in [1.165, 1.54) is 6.07 Å². The van der Waals surface area contributed by atoms with E-state index in [0.717, 1.165) is 28.3 Å². The molecule has 0 spiro atoms. The summed E-state index contributed by atoms with van der Waals surface area (Å²) >= 11 is 0. The van der Waals surface area contributed by atoms with Crippen molar-refractivity contribution in [3.8, 4) is 22.8 Å². The summed E-state index contributed by atoms with van der Waals surface area (Å²) < 4.78 is 30.4. The minimum atomic E-state index is -0.248. The van der Waals surface area contributed by atoms with E-state index >= 15 is 0 Å². The van der Waals surface area contributed by atoms with Crippen molar-refractivity contribution in [1.82, 2.24) is 24.4 Å². The van der Waals surface area contributed by atoms with E-state index in [4.69, 9.17) is 9.47 Å². The van der Waals surface area contributed by atoms with Gasteiger partial charge in [0.1, 0.15) is 17.9 Å². The summed E-state index contributed by atoms with van der Waals surface area (Å²) in [5.74, 6) is 1.79. The van der Waals surface area contributed by atoms with Crippen LogP contribution in [0.5, 0.6) is 11.5 Å². The van der Waals surface area contributed by atoms with Crippen LogP contribution in [0.25, 0.3) is 16.9 Å². The molecule has 5 heterocycles. The van der Waals surface area contributed by atoms with Crippen molar-refractivity contribution in [1.29, 1.82) is 0 Å². The van der Waals surface area contributed by atoms with Crippen molar-refractivity contribution in [3.63, 3.8) is 0 Å². The predicted molar refractivity (Wildman–Crippen MR) is 107 cm³/mol. The predicted octanol–water partition coefficient (Wildman–Crippen LogP) is 3.06. The quantitative estimate of drug-likeness (QED) is 0.524. The van der Waals surface area contributed by atoms with Crippen molar-refractivity contribution in [2.45, 2.75) is 19.4 Å². The SMILES string of the molecule is Cc1cc(-c2cc3c(n4cnnc24)NCc2c(F)ccc4c2[C@H](CO4)CO3)n(C)n1. The van der Waals surface area contributed by atoms with Gasteiger partial charge >= 0.3 is 0 Å². The van der Waals surface area contributed by atoms with Crippen LogP contribution in [0.3, 0.4) is 0 Å². The lowest BCUT2D eigenvalue weighted by atomic mass is 9.96. The molecule has 0 bridgehead atoms. The highest BCUT2D eigenvalue weighted by Gasteiger charge is 2.31. The summed E-state index contributed by atoms with van der Waals surface area (Å²) in [7, 11) is 1.90. The fraction of sp³-hybridized carbons (Fsp3) is 0.286. The van der Waals surface area contributed by atoms with E-state index < -0.39 is 0 Å². The van der Waals surface area contributed by atoms with Gasteiger partial charge in [-0.15, -0.1) is 10.2 Å². The first-order valence-electron chi connectivity index (χ1n) is 9.78. The maximum Gasteiger partial charge on any atom is 0.171 e. The highest BCUT2D eigenvalue weighted by Crippen LogP contribution is 2.41. The zero-order valence-corrected chi connectivity index (χ0v) is 16.5. The Hall–Kier alpha value is -3.62. The molecule has 0 saturated heterocycles. The van der Waals surface area contributed by atoms with Gasteiger partial charge in [0.05, 0.1) is 30.5 Å². The summed E-state index contributed by atoms with van der Waals surface area (Å²) in [6.45, 7) is 3.12. The number of benzene rings is 1. The summed E-state index contributed by atoms with van der Waals surface area (Å²) in [5.41, 5.74) is 4.86. The molecule has 1 atom stereocenters. The Labute approximate surface area is 171 Å². The number of pyridine rings is 1. The lowest BCUT2D eigenvalue weighted by molar-refractivity contribution is 0.249. The Morgan fingerprint density at radius 1 is 1.17 bits per heavy atom. The van der Waals surface area contributed by atoms with E-state index in [2.05, 4.69) is 20.6 Å². The molecule has 0 unspecified atom stereocenters. The third-order valence-electron chi connectivity index (χ3n) is 5.80. The maximum absolute atomic E-state index is 14.7. The average molecular weight is 406 g/mol. The van der Waals surface area contributed by atoms with Crippen LogP contribution < -0.4 is 14.8 Å². The summed E-state index contributed by atoms with van der Waals surface area (Å²) in [6.07, 6.45) is 1.63. The van der Waals surface area contributed by atoms with Crippen LogP contribution in [-0.2, 0) is 13.6 Å². The first kappa shape index (κ1) is 17.3. The third-order valence-corrected chi connectivity index (χ3v) is 5.80. The molecule has 8 nitrogen and oxygen atoms in total. The van der Waals surface area contributed by atoms with Gasteiger partial charge in [-0.1, -0.05) is 0 Å². The number of rotatable bonds is 1. The van der Waals surface area contributed by atoms with Crippen molar-refractivity contribution in [2.24, 2.45) is 7.05 Å². The van der Waals surface area contributed by atoms with Crippen molar-refractivity contribution in [2.75, 3.05) is 18.5 Å². The summed E-state index contributed by atoms with van der Waals surface area (Å²) in [6, 6.07) is 7.10. The minimum absolute atomic E-state index is 0.0301. The number of hydrogen-bond donors (Lipinski definition) is 1. The normalized spacial score (nSPS) is 17.2. The van der Waals surface area contributed by atoms with Gasteiger partial charge in [0, 0.05) is 30.3 Å². The number of fused-ring (bicyclic) bond motifs is 3. The van der Waals surface area contributed by atoms with E-state index in [9.17, 15) is 4.39 Å². The van der Waals surface area contributed by atoms with Crippen LogP contribution in [0.4, 0.5) is 10.2 Å². The van der Waals surface area contributed by atoms with Gasteiger partial charge in [-0.2, -0.15) is 5.10 Å². The van der Waals surface area contributed by atoms with Gasteiger partial charge in [-0.05, 0) is 31.2 Å². The van der Waals surface area contributed by atoms with Crippen LogP contribution in [0, 0.1) is 12.7 Å². The van der Waals surface area contributed by atoms with E-state index in [1.807, 2.05) is 35.2 Å². The molecule has 1 N–H and O–H groups in total. The van der Waals surface area contributed by atoms with Crippen LogP contribution >= 0.6 is 0 Å². The second-order valence-corrected chi connectivity index (χ2v) is 7.70. The van der Waals surface area contributed by atoms with Gasteiger partial charge in [0.2, 0.25) is 0 Å². The molecule has 0 amide bonds. The Morgan fingerprint density at radius 2 is 2.00 bits per heavy atom. The fourth-order valence-corrected chi connectivity index (χ4v) is 4.44. The van der Waals surface area contributed by atoms with Gasteiger partial charge in [-0.25, -0.2) is 4.39 Å². The number of aromatic nitrogens is 5. The molecule has 0 fully saturated rings. The van der Waals surface area contributed by atoms with Gasteiger partial charge in [0.25, 0.3) is 0 Å². The molecule has 30 heavy (non-hydrogen) atoms. The Morgan fingerprint density at radius 3 is 2.80 bits per heavy atom. The van der Waals surface area contributed by atoms with Crippen molar-refractivity contribution >= 4 is 11.5 Å². The number of halogens is 1. The molecular weight excluding hydrogens is 387 g/mol. The maximum atomic E-state index is 14.7. The number of hydrogen-bond acceptors (Lipinski definition) is 6. The molecule has 3 aromatic heterocycles. The van der Waals surface area contributed by atoms with Crippen molar-refractivity contribution in [3.05, 3.63) is 53.2 Å². The number of nitrogens with one attached hydrogen (secondary N) is 1. The molecule has 6 rings (SSSR count). The highest BCUT2D eigenvalue weighted by molar-refractivity contribution is 5.80. The molecular formula is C21H19FN6O2. The fourth-order valence-electron chi connectivity index (χ4n) is 4.44. The topological polar surface area (TPSA) is 78.5 Å². The average Bonchev–Trinajstić information content (AvgIpc) is 3.44. The molecule has 1 aromatic carbocycles. The molecule has 2 aliphatic heterocycles. The van der Waals surface area contributed by atoms with Gasteiger partial charge in [0.15, 0.2) is 17.2 Å². The first-order valence-corrected chi connectivity index (χ1v) is 9.78. The standard InChI is InChI=1S/C21H19FN6O2/c1-11-5-16(27(2)26-11)13-6-18-21(28-10-24-25-20(13)28)23-7-14-15(22)3-4-17-19(14)12(8-29-17)9-30-18/h3-6,10,12,23H,7-9H2,1-2H3/t12-/m1/s1. The van der Waals surface area contributed by atoms with E-state index in [1.54, 1.807) is 12.4 Å². The highest BCUT2D eigenvalue weighted by atomic mass is 19.1. The monoisotopic (exact) mass is 406 g/mol. The molecule has 2 aliphatic rings. The number of ether oxygens (including phenoxy) is 2. The van der Waals surface area contributed by atoms with Gasteiger partial charge in [-0.3, -0.25) is 9.08 Å². The number of anilines is 1. The molecule has 0 aliphatic carbocycles. The number of nitrogens with zero attached hydrogens (tertiary/aromatic N) is 5. The van der Waals surface area contributed by atoms with Crippen LogP contribution in [-0.4, -0.2) is 37.6 Å². The lowest BCUT2D eigenvalue weighted by Gasteiger charge is -2.16. The first-order chi connectivity index (χ1) is 14.6. The summed E-state index contributed by atoms with van der Waals surface area (Å²) in [5, 5.41) is 16.2. The second kappa shape index (κ2) is 6.19. The van der Waals surface area contributed by atoms with Crippen molar-refractivity contribution < 1.29 is 13.9 Å². The van der Waals surface area contributed by atoms with E-state index in [0.29, 0.717) is 42.5 Å². The largest absolute Gasteiger partial charge is 0.493 e. The number of aryl methyl sites for hydroxylation is 2. The van der Waals surface area contributed by atoms with Crippen LogP contribution in [0.1, 0.15) is 22.7 Å². The second-order valence-electron chi connectivity index (χ2n) is 7.70. The van der Waals surface area contributed by atoms with E-state index in [-0.39, 0.29) is 11.7 Å². The van der Waals surface area contributed by atoms with Crippen LogP contribution in [0.15, 0.2) is 30.6 Å². The smallest absolute Gasteiger partial charge is 0.171 e. The molecule has 9 heteroatoms. The summed E-state index contributed by atoms with van der Waals surface area (Å²) in [4.78, 5) is 0. The third kappa shape index (κ3) is 2.41. The minimum Gasteiger partial charge on any atom is -0.493 e. The van der Waals surface area contributed by atoms with Gasteiger partial charge < -0.3 is 14.8 Å². The Kier molecular flexibility index (Phi) is 3.56. The molecule has 4 aromatic rings. The molecule has 152 valence electrons. The Balaban J connectivity index is 1.53. The van der Waals surface area contributed by atoms with Crippen LogP contribution in [0.2, 0.25) is 0 Å². The zero-order chi connectivity index (χ0) is 20.4. The Bertz CT molecular complexity index is 1310. The molecule has 0 saturated carbocycles. The molecule has 0 radical (unpaired) electrons. The lowest BCUT2D eigenvalue weighted by Crippen LogP contribution is -2.13. The zero-order valence-electron chi connectivity index (χ0n) is 16.5.